The molecule has 1 aliphatic rings. The Labute approximate surface area is 108 Å². The molecule has 1 fully saturated rings. The van der Waals surface area contributed by atoms with E-state index in [0.717, 1.165) is 23.5 Å². The van der Waals surface area contributed by atoms with E-state index in [2.05, 4.69) is 15.7 Å². The molecule has 0 aliphatic heterocycles. The van der Waals surface area contributed by atoms with Gasteiger partial charge in [0.2, 0.25) is 5.91 Å². The van der Waals surface area contributed by atoms with Gasteiger partial charge >= 0.3 is 0 Å². The maximum Gasteiger partial charge on any atom is 0.221 e. The number of carbonyl (C=O) groups excluding carboxylic acids is 1. The lowest BCUT2D eigenvalue weighted by Crippen LogP contribution is -2.28. The number of amides is 1. The summed E-state index contributed by atoms with van der Waals surface area (Å²) in [7, 11) is 1.92. The van der Waals surface area contributed by atoms with Gasteiger partial charge in [0, 0.05) is 43.9 Å². The van der Waals surface area contributed by atoms with Crippen LogP contribution in [0.25, 0.3) is 0 Å². The van der Waals surface area contributed by atoms with Crippen LogP contribution in [0.4, 0.5) is 0 Å². The highest BCUT2D eigenvalue weighted by Crippen LogP contribution is 2.18. The molecule has 0 unspecified atom stereocenters. The Morgan fingerprint density at radius 3 is 2.72 bits per heavy atom. The van der Waals surface area contributed by atoms with E-state index in [0.29, 0.717) is 19.0 Å². The average molecular weight is 250 g/mol. The van der Waals surface area contributed by atoms with E-state index >= 15 is 0 Å². The van der Waals surface area contributed by atoms with Gasteiger partial charge in [-0.2, -0.15) is 5.10 Å². The zero-order chi connectivity index (χ0) is 13.1. The van der Waals surface area contributed by atoms with Crippen molar-refractivity contribution in [3.05, 3.63) is 17.0 Å². The number of carbonyl (C=O) groups is 1. The zero-order valence-electron chi connectivity index (χ0n) is 11.4. The third-order valence-corrected chi connectivity index (χ3v) is 3.48. The van der Waals surface area contributed by atoms with Crippen molar-refractivity contribution in [3.63, 3.8) is 0 Å². The van der Waals surface area contributed by atoms with Gasteiger partial charge in [0.1, 0.15) is 0 Å². The fourth-order valence-corrected chi connectivity index (χ4v) is 2.03. The molecule has 1 amide bonds. The summed E-state index contributed by atoms with van der Waals surface area (Å²) in [5, 5.41) is 10.6. The Bertz CT molecular complexity index is 434. The molecule has 0 saturated heterocycles. The molecule has 1 aliphatic carbocycles. The van der Waals surface area contributed by atoms with Gasteiger partial charge in [0.25, 0.3) is 0 Å². The number of aromatic nitrogens is 2. The van der Waals surface area contributed by atoms with E-state index in [1.54, 1.807) is 0 Å². The summed E-state index contributed by atoms with van der Waals surface area (Å²) in [5.74, 6) is 0.103. The van der Waals surface area contributed by atoms with Crippen molar-refractivity contribution in [1.82, 2.24) is 20.4 Å². The monoisotopic (exact) mass is 250 g/mol. The van der Waals surface area contributed by atoms with Crippen molar-refractivity contribution in [3.8, 4) is 0 Å². The van der Waals surface area contributed by atoms with Crippen LogP contribution < -0.4 is 10.6 Å². The highest BCUT2D eigenvalue weighted by Gasteiger charge is 2.20. The molecule has 5 heteroatoms. The van der Waals surface area contributed by atoms with Gasteiger partial charge in [0.15, 0.2) is 0 Å². The van der Waals surface area contributed by atoms with Gasteiger partial charge in [-0.3, -0.25) is 9.48 Å². The Morgan fingerprint density at radius 2 is 2.17 bits per heavy atom. The molecule has 0 spiro atoms. The molecule has 1 saturated carbocycles. The number of nitrogens with one attached hydrogen (secondary N) is 2. The Hall–Kier alpha value is -1.36. The fourth-order valence-electron chi connectivity index (χ4n) is 2.03. The van der Waals surface area contributed by atoms with Gasteiger partial charge in [0.05, 0.1) is 5.69 Å². The van der Waals surface area contributed by atoms with Crippen LogP contribution in [0.3, 0.4) is 0 Å². The van der Waals surface area contributed by atoms with Gasteiger partial charge in [-0.15, -0.1) is 0 Å². The Kier molecular flexibility index (Phi) is 4.01. The summed E-state index contributed by atoms with van der Waals surface area (Å²) in [4.78, 5) is 11.7. The van der Waals surface area contributed by atoms with Crippen molar-refractivity contribution in [2.45, 2.75) is 45.7 Å². The van der Waals surface area contributed by atoms with E-state index < -0.39 is 0 Å². The summed E-state index contributed by atoms with van der Waals surface area (Å²) in [6.45, 7) is 5.36. The maximum absolute atomic E-state index is 11.7. The van der Waals surface area contributed by atoms with Crippen molar-refractivity contribution in [2.75, 3.05) is 6.54 Å². The number of rotatable bonds is 6. The summed E-state index contributed by atoms with van der Waals surface area (Å²) >= 11 is 0. The van der Waals surface area contributed by atoms with Crippen LogP contribution in [-0.4, -0.2) is 28.3 Å². The molecule has 0 atom stereocenters. The normalized spacial score (nSPS) is 14.8. The molecular formula is C13H22N4O. The molecule has 1 aromatic heterocycles. The number of aryl methyl sites for hydroxylation is 2. The van der Waals surface area contributed by atoms with E-state index in [9.17, 15) is 4.79 Å². The van der Waals surface area contributed by atoms with Gasteiger partial charge in [-0.05, 0) is 26.7 Å². The molecule has 1 aromatic rings. The molecule has 100 valence electrons. The van der Waals surface area contributed by atoms with Crippen LogP contribution in [0, 0.1) is 13.8 Å². The third-order valence-electron chi connectivity index (χ3n) is 3.48. The minimum Gasteiger partial charge on any atom is -0.352 e. The molecule has 18 heavy (non-hydrogen) atoms. The van der Waals surface area contributed by atoms with Gasteiger partial charge in [-0.1, -0.05) is 0 Å². The van der Waals surface area contributed by atoms with Gasteiger partial charge < -0.3 is 10.6 Å². The minimum atomic E-state index is 0.103. The Balaban J connectivity index is 1.74. The maximum atomic E-state index is 11.7. The topological polar surface area (TPSA) is 59.0 Å². The second-order valence-electron chi connectivity index (χ2n) is 5.03. The van der Waals surface area contributed by atoms with Crippen LogP contribution in [0.2, 0.25) is 0 Å². The minimum absolute atomic E-state index is 0.103. The fraction of sp³-hybridized carbons (Fsp3) is 0.692. The summed E-state index contributed by atoms with van der Waals surface area (Å²) < 4.78 is 1.85. The number of nitrogens with zero attached hydrogens (tertiary/aromatic N) is 2. The standard InChI is InChI=1S/C13H22N4O/c1-9-12(10(2)17(3)16-9)8-15-13(18)6-7-14-11-4-5-11/h11,14H,4-8H2,1-3H3,(H,15,18). The van der Waals surface area contributed by atoms with Crippen molar-refractivity contribution < 1.29 is 4.79 Å². The summed E-state index contributed by atoms with van der Waals surface area (Å²) in [6, 6.07) is 0.667. The van der Waals surface area contributed by atoms with E-state index in [1.807, 2.05) is 25.6 Å². The number of hydrogen-bond donors (Lipinski definition) is 2. The van der Waals surface area contributed by atoms with Crippen molar-refractivity contribution in [1.29, 1.82) is 0 Å². The van der Waals surface area contributed by atoms with E-state index in [1.165, 1.54) is 12.8 Å². The lowest BCUT2D eigenvalue weighted by molar-refractivity contribution is -0.121. The smallest absolute Gasteiger partial charge is 0.221 e. The average Bonchev–Trinajstić information content (AvgIpc) is 3.08. The zero-order valence-corrected chi connectivity index (χ0v) is 11.4. The van der Waals surface area contributed by atoms with Crippen LogP contribution in [0.5, 0.6) is 0 Å². The molecule has 0 radical (unpaired) electrons. The van der Waals surface area contributed by atoms with Crippen LogP contribution in [0.15, 0.2) is 0 Å². The predicted octanol–water partition coefficient (Wildman–Crippen LogP) is 0.795. The van der Waals surface area contributed by atoms with Crippen LogP contribution >= 0.6 is 0 Å². The predicted molar refractivity (Wildman–Crippen MR) is 70.2 cm³/mol. The third kappa shape index (κ3) is 3.32. The largest absolute Gasteiger partial charge is 0.352 e. The molecule has 0 bridgehead atoms. The molecular weight excluding hydrogens is 228 g/mol. The second kappa shape index (κ2) is 5.52. The van der Waals surface area contributed by atoms with E-state index in [4.69, 9.17) is 0 Å². The first kappa shape index (κ1) is 13.1. The van der Waals surface area contributed by atoms with Crippen molar-refractivity contribution >= 4 is 5.91 Å². The summed E-state index contributed by atoms with van der Waals surface area (Å²) in [6.07, 6.45) is 3.07. The lowest BCUT2D eigenvalue weighted by atomic mass is 10.2. The van der Waals surface area contributed by atoms with Crippen LogP contribution in [0.1, 0.15) is 36.2 Å². The highest BCUT2D eigenvalue weighted by atomic mass is 16.1. The first-order valence-corrected chi connectivity index (χ1v) is 6.57. The molecule has 1 heterocycles. The SMILES string of the molecule is Cc1nn(C)c(C)c1CNC(=O)CCNC1CC1. The Morgan fingerprint density at radius 1 is 1.44 bits per heavy atom. The molecule has 2 N–H and O–H groups in total. The molecule has 2 rings (SSSR count). The quantitative estimate of drug-likeness (QED) is 0.785. The molecule has 5 nitrogen and oxygen atoms in total. The van der Waals surface area contributed by atoms with Gasteiger partial charge in [-0.25, -0.2) is 0 Å². The van der Waals surface area contributed by atoms with E-state index in [-0.39, 0.29) is 5.91 Å². The summed E-state index contributed by atoms with van der Waals surface area (Å²) in [5.41, 5.74) is 3.23. The first-order chi connectivity index (χ1) is 8.58. The molecule has 0 aromatic carbocycles. The lowest BCUT2D eigenvalue weighted by Gasteiger charge is -2.06. The van der Waals surface area contributed by atoms with Crippen molar-refractivity contribution in [2.24, 2.45) is 7.05 Å². The van der Waals surface area contributed by atoms with Crippen LogP contribution in [-0.2, 0) is 18.4 Å². The highest BCUT2D eigenvalue weighted by molar-refractivity contribution is 5.76. The number of hydrogen-bond acceptors (Lipinski definition) is 3. The first-order valence-electron chi connectivity index (χ1n) is 6.57. The second-order valence-corrected chi connectivity index (χ2v) is 5.03.